The SMILES string of the molecule is CC(C)(COCc1ccc(F)c(Oc2ccccc2)c1)c1ccc(Cl)cc1. The van der Waals surface area contributed by atoms with E-state index in [0.29, 0.717) is 24.0 Å². The summed E-state index contributed by atoms with van der Waals surface area (Å²) >= 11 is 5.96. The quantitative estimate of drug-likeness (QED) is 0.447. The smallest absolute Gasteiger partial charge is 0.165 e. The molecule has 0 aliphatic rings. The summed E-state index contributed by atoms with van der Waals surface area (Å²) in [4.78, 5) is 0. The summed E-state index contributed by atoms with van der Waals surface area (Å²) in [6.07, 6.45) is 0. The maximum absolute atomic E-state index is 14.0. The van der Waals surface area contributed by atoms with E-state index in [1.807, 2.05) is 42.5 Å². The van der Waals surface area contributed by atoms with Crippen LogP contribution in [0.3, 0.4) is 0 Å². The van der Waals surface area contributed by atoms with Crippen LogP contribution in [0.4, 0.5) is 4.39 Å². The molecule has 0 unspecified atom stereocenters. The molecule has 0 fully saturated rings. The molecule has 3 aromatic rings. The van der Waals surface area contributed by atoms with Crippen molar-refractivity contribution in [3.63, 3.8) is 0 Å². The van der Waals surface area contributed by atoms with E-state index in [0.717, 1.165) is 11.1 Å². The van der Waals surface area contributed by atoms with Crippen LogP contribution in [0.2, 0.25) is 5.02 Å². The zero-order valence-corrected chi connectivity index (χ0v) is 16.2. The maximum atomic E-state index is 14.0. The minimum Gasteiger partial charge on any atom is -0.454 e. The molecule has 0 aromatic heterocycles. The molecule has 4 heteroatoms. The topological polar surface area (TPSA) is 18.5 Å². The first-order chi connectivity index (χ1) is 12.9. The van der Waals surface area contributed by atoms with Crippen LogP contribution in [0.5, 0.6) is 11.5 Å². The van der Waals surface area contributed by atoms with Crippen molar-refractivity contribution in [2.75, 3.05) is 6.61 Å². The van der Waals surface area contributed by atoms with Gasteiger partial charge in [-0.1, -0.05) is 61.8 Å². The van der Waals surface area contributed by atoms with E-state index in [-0.39, 0.29) is 11.2 Å². The van der Waals surface area contributed by atoms with Crippen LogP contribution >= 0.6 is 11.6 Å². The van der Waals surface area contributed by atoms with Crippen molar-refractivity contribution in [2.45, 2.75) is 25.9 Å². The second kappa shape index (κ2) is 8.55. The number of benzene rings is 3. The van der Waals surface area contributed by atoms with E-state index in [2.05, 4.69) is 13.8 Å². The fourth-order valence-electron chi connectivity index (χ4n) is 2.74. The van der Waals surface area contributed by atoms with Gasteiger partial charge in [-0.05, 0) is 47.5 Å². The van der Waals surface area contributed by atoms with Gasteiger partial charge in [-0.2, -0.15) is 0 Å². The number of hydrogen-bond acceptors (Lipinski definition) is 2. The Bertz CT molecular complexity index is 877. The third-order valence-corrected chi connectivity index (χ3v) is 4.58. The van der Waals surface area contributed by atoms with Gasteiger partial charge in [0, 0.05) is 10.4 Å². The largest absolute Gasteiger partial charge is 0.454 e. The van der Waals surface area contributed by atoms with Crippen molar-refractivity contribution in [1.82, 2.24) is 0 Å². The van der Waals surface area contributed by atoms with Gasteiger partial charge in [0.25, 0.3) is 0 Å². The van der Waals surface area contributed by atoms with Crippen LogP contribution in [0.25, 0.3) is 0 Å². The Labute approximate surface area is 164 Å². The number of ether oxygens (including phenoxy) is 2. The number of hydrogen-bond donors (Lipinski definition) is 0. The van der Waals surface area contributed by atoms with Gasteiger partial charge >= 0.3 is 0 Å². The summed E-state index contributed by atoms with van der Waals surface area (Å²) in [5.74, 6) is 0.390. The lowest BCUT2D eigenvalue weighted by atomic mass is 9.86. The van der Waals surface area contributed by atoms with Gasteiger partial charge in [-0.15, -0.1) is 0 Å². The molecular formula is C23H22ClFO2. The highest BCUT2D eigenvalue weighted by Crippen LogP contribution is 2.27. The lowest BCUT2D eigenvalue weighted by Gasteiger charge is -2.25. The summed E-state index contributed by atoms with van der Waals surface area (Å²) in [5.41, 5.74) is 1.85. The number of para-hydroxylation sites is 1. The molecule has 0 aliphatic carbocycles. The molecular weight excluding hydrogens is 363 g/mol. The number of rotatable bonds is 7. The summed E-state index contributed by atoms with van der Waals surface area (Å²) in [6, 6.07) is 21.7. The Hall–Kier alpha value is -2.36. The Balaban J connectivity index is 1.62. The van der Waals surface area contributed by atoms with Crippen LogP contribution in [0.1, 0.15) is 25.0 Å². The van der Waals surface area contributed by atoms with Crippen molar-refractivity contribution in [3.8, 4) is 11.5 Å². The molecule has 140 valence electrons. The van der Waals surface area contributed by atoms with E-state index in [1.165, 1.54) is 6.07 Å². The highest BCUT2D eigenvalue weighted by atomic mass is 35.5. The highest BCUT2D eigenvalue weighted by molar-refractivity contribution is 6.30. The van der Waals surface area contributed by atoms with Crippen LogP contribution in [0, 0.1) is 5.82 Å². The Kier molecular flexibility index (Phi) is 6.15. The predicted octanol–water partition coefficient (Wildman–Crippen LogP) is 6.77. The Morgan fingerprint density at radius 2 is 1.63 bits per heavy atom. The fraction of sp³-hybridized carbons (Fsp3) is 0.217. The molecule has 0 atom stereocenters. The standard InChI is InChI=1S/C23H22ClFO2/c1-23(2,18-9-11-19(24)12-10-18)16-26-15-17-8-13-21(25)22(14-17)27-20-6-4-3-5-7-20/h3-14H,15-16H2,1-2H3. The molecule has 0 aliphatic heterocycles. The van der Waals surface area contributed by atoms with Crippen LogP contribution in [-0.4, -0.2) is 6.61 Å². The molecule has 0 radical (unpaired) electrons. The Morgan fingerprint density at radius 1 is 0.926 bits per heavy atom. The van der Waals surface area contributed by atoms with Gasteiger partial charge in [0.1, 0.15) is 5.75 Å². The third kappa shape index (κ3) is 5.31. The van der Waals surface area contributed by atoms with E-state index in [4.69, 9.17) is 21.1 Å². The van der Waals surface area contributed by atoms with Crippen LogP contribution < -0.4 is 4.74 Å². The minimum atomic E-state index is -0.399. The lowest BCUT2D eigenvalue weighted by molar-refractivity contribution is 0.0823. The summed E-state index contributed by atoms with van der Waals surface area (Å²) in [5, 5.41) is 0.715. The maximum Gasteiger partial charge on any atom is 0.165 e. The second-order valence-electron chi connectivity index (χ2n) is 7.06. The van der Waals surface area contributed by atoms with Crippen LogP contribution in [-0.2, 0) is 16.8 Å². The molecule has 0 amide bonds. The first-order valence-electron chi connectivity index (χ1n) is 8.79. The molecule has 0 N–H and O–H groups in total. The zero-order chi connectivity index (χ0) is 19.3. The van der Waals surface area contributed by atoms with E-state index in [1.54, 1.807) is 24.3 Å². The molecule has 0 bridgehead atoms. The first-order valence-corrected chi connectivity index (χ1v) is 9.17. The van der Waals surface area contributed by atoms with Gasteiger partial charge < -0.3 is 9.47 Å². The zero-order valence-electron chi connectivity index (χ0n) is 15.4. The van der Waals surface area contributed by atoms with Gasteiger partial charge in [-0.25, -0.2) is 4.39 Å². The molecule has 27 heavy (non-hydrogen) atoms. The molecule has 2 nitrogen and oxygen atoms in total. The normalized spacial score (nSPS) is 11.4. The second-order valence-corrected chi connectivity index (χ2v) is 7.50. The molecule has 0 heterocycles. The average Bonchev–Trinajstić information content (AvgIpc) is 2.65. The lowest BCUT2D eigenvalue weighted by Crippen LogP contribution is -2.24. The van der Waals surface area contributed by atoms with Crippen molar-refractivity contribution >= 4 is 11.6 Å². The molecule has 0 spiro atoms. The highest BCUT2D eigenvalue weighted by Gasteiger charge is 2.21. The van der Waals surface area contributed by atoms with Crippen molar-refractivity contribution in [1.29, 1.82) is 0 Å². The van der Waals surface area contributed by atoms with Crippen LogP contribution in [0.15, 0.2) is 72.8 Å². The molecule has 3 aromatic carbocycles. The van der Waals surface area contributed by atoms with Gasteiger partial charge in [0.05, 0.1) is 13.2 Å². The van der Waals surface area contributed by atoms with E-state index < -0.39 is 5.82 Å². The predicted molar refractivity (Wildman–Crippen MR) is 107 cm³/mol. The van der Waals surface area contributed by atoms with E-state index in [9.17, 15) is 4.39 Å². The summed E-state index contributed by atoms with van der Waals surface area (Å²) in [7, 11) is 0. The summed E-state index contributed by atoms with van der Waals surface area (Å²) in [6.45, 7) is 5.14. The monoisotopic (exact) mass is 384 g/mol. The fourth-order valence-corrected chi connectivity index (χ4v) is 2.87. The molecule has 0 saturated carbocycles. The Morgan fingerprint density at radius 3 is 2.33 bits per heavy atom. The number of halogens is 2. The van der Waals surface area contributed by atoms with Gasteiger partial charge in [0.2, 0.25) is 0 Å². The van der Waals surface area contributed by atoms with E-state index >= 15 is 0 Å². The molecule has 0 saturated heterocycles. The third-order valence-electron chi connectivity index (χ3n) is 4.32. The summed E-state index contributed by atoms with van der Waals surface area (Å²) < 4.78 is 25.6. The molecule has 3 rings (SSSR count). The first kappa shape index (κ1) is 19.4. The minimum absolute atomic E-state index is 0.159. The average molecular weight is 385 g/mol. The van der Waals surface area contributed by atoms with Crippen molar-refractivity contribution < 1.29 is 13.9 Å². The van der Waals surface area contributed by atoms with Crippen molar-refractivity contribution in [3.05, 3.63) is 94.8 Å². The van der Waals surface area contributed by atoms with Gasteiger partial charge in [0.15, 0.2) is 11.6 Å². The van der Waals surface area contributed by atoms with Crippen molar-refractivity contribution in [2.24, 2.45) is 0 Å². The van der Waals surface area contributed by atoms with Gasteiger partial charge in [-0.3, -0.25) is 0 Å².